The Labute approximate surface area is 195 Å². The number of likely N-dealkylation sites (N-methyl/N-ethyl adjacent to an activating group) is 1. The van der Waals surface area contributed by atoms with Crippen LogP contribution in [0.3, 0.4) is 0 Å². The first-order valence-electron chi connectivity index (χ1n) is 9.46. The molecule has 3 aromatic rings. The van der Waals surface area contributed by atoms with Gasteiger partial charge < -0.3 is 15.5 Å². The van der Waals surface area contributed by atoms with Gasteiger partial charge >= 0.3 is 0 Å². The van der Waals surface area contributed by atoms with Crippen molar-refractivity contribution in [1.29, 1.82) is 0 Å². The zero-order chi connectivity index (χ0) is 21.1. The first-order valence-corrected chi connectivity index (χ1v) is 10.6. The zero-order valence-electron chi connectivity index (χ0n) is 16.7. The van der Waals surface area contributed by atoms with Crippen molar-refractivity contribution in [3.63, 3.8) is 0 Å². The molecule has 4 rings (SSSR count). The fourth-order valence-electron chi connectivity index (χ4n) is 3.20. The summed E-state index contributed by atoms with van der Waals surface area (Å²) in [6, 6.07) is 10.5. The van der Waals surface area contributed by atoms with Crippen LogP contribution in [-0.2, 0) is 24.2 Å². The Bertz CT molecular complexity index is 1090. The second-order valence-electron chi connectivity index (χ2n) is 7.07. The van der Waals surface area contributed by atoms with E-state index in [1.54, 1.807) is 18.2 Å². The lowest BCUT2D eigenvalue weighted by molar-refractivity contribution is -0.115. The molecule has 0 spiro atoms. The maximum Gasteiger partial charge on any atom is 0.284 e. The fourth-order valence-corrected chi connectivity index (χ4v) is 4.40. The van der Waals surface area contributed by atoms with Crippen molar-refractivity contribution in [2.45, 2.75) is 19.4 Å². The summed E-state index contributed by atoms with van der Waals surface area (Å²) in [4.78, 5) is 37.1. The molecule has 7 nitrogen and oxygen atoms in total. The van der Waals surface area contributed by atoms with Gasteiger partial charge in [0.05, 0.1) is 17.1 Å². The Hall–Kier alpha value is -2.52. The Morgan fingerprint density at radius 3 is 2.77 bits per heavy atom. The number of nitrogens with one attached hydrogen (secondary N) is 2. The number of rotatable bonds is 5. The monoisotopic (exact) mass is 477 g/mol. The van der Waals surface area contributed by atoms with Gasteiger partial charge in [0, 0.05) is 36.3 Å². The predicted molar refractivity (Wildman–Crippen MR) is 125 cm³/mol. The molecule has 1 aromatic carbocycles. The van der Waals surface area contributed by atoms with Crippen LogP contribution in [0.2, 0.25) is 5.02 Å². The smallest absolute Gasteiger partial charge is 0.284 e. The van der Waals surface area contributed by atoms with Gasteiger partial charge in [0.25, 0.3) is 5.91 Å². The number of thiazole rings is 1. The number of hydrogen-bond donors (Lipinski definition) is 2. The van der Waals surface area contributed by atoms with Gasteiger partial charge in [0.15, 0.2) is 5.01 Å². The summed E-state index contributed by atoms with van der Waals surface area (Å²) < 4.78 is 0. The van der Waals surface area contributed by atoms with Crippen LogP contribution in [0.25, 0.3) is 0 Å². The highest BCUT2D eigenvalue weighted by atomic mass is 35.5. The number of fused-ring (bicyclic) bond motifs is 1. The molecule has 10 heteroatoms. The second-order valence-corrected chi connectivity index (χ2v) is 8.59. The van der Waals surface area contributed by atoms with Crippen LogP contribution >= 0.6 is 35.3 Å². The number of anilines is 2. The van der Waals surface area contributed by atoms with Gasteiger partial charge in [0.1, 0.15) is 5.82 Å². The normalized spacial score (nSPS) is 13.1. The average molecular weight is 478 g/mol. The molecule has 0 saturated heterocycles. The Morgan fingerprint density at radius 2 is 2.00 bits per heavy atom. The molecule has 31 heavy (non-hydrogen) atoms. The minimum absolute atomic E-state index is 0. The third-order valence-corrected chi connectivity index (χ3v) is 6.03. The lowest BCUT2D eigenvalue weighted by Crippen LogP contribution is -2.25. The number of benzene rings is 1. The number of nitrogens with zero attached hydrogens (tertiary/aromatic N) is 3. The predicted octanol–water partition coefficient (Wildman–Crippen LogP) is 4.03. The SMILES string of the molecule is CN1CCc2nc(C(=O)Nc3ccccc3CC(=O)Nc3ccc(Cl)cn3)sc2C1.Cl. The van der Waals surface area contributed by atoms with Gasteiger partial charge in [-0.1, -0.05) is 29.8 Å². The van der Waals surface area contributed by atoms with E-state index in [9.17, 15) is 9.59 Å². The van der Waals surface area contributed by atoms with Crippen molar-refractivity contribution < 1.29 is 9.59 Å². The van der Waals surface area contributed by atoms with Crippen molar-refractivity contribution >= 4 is 58.7 Å². The molecule has 2 aromatic heterocycles. The fraction of sp³-hybridized carbons (Fsp3) is 0.238. The molecule has 0 atom stereocenters. The van der Waals surface area contributed by atoms with Crippen molar-refractivity contribution in [1.82, 2.24) is 14.9 Å². The highest BCUT2D eigenvalue weighted by molar-refractivity contribution is 7.13. The molecule has 0 saturated carbocycles. The first-order chi connectivity index (χ1) is 14.5. The quantitative estimate of drug-likeness (QED) is 0.578. The van der Waals surface area contributed by atoms with E-state index in [0.717, 1.165) is 30.1 Å². The van der Waals surface area contributed by atoms with Gasteiger partial charge in [-0.05, 0) is 30.8 Å². The van der Waals surface area contributed by atoms with Crippen molar-refractivity contribution in [3.8, 4) is 0 Å². The van der Waals surface area contributed by atoms with Crippen LogP contribution in [0.5, 0.6) is 0 Å². The minimum Gasteiger partial charge on any atom is -0.320 e. The van der Waals surface area contributed by atoms with E-state index in [0.29, 0.717) is 27.1 Å². The highest BCUT2D eigenvalue weighted by Gasteiger charge is 2.22. The largest absolute Gasteiger partial charge is 0.320 e. The highest BCUT2D eigenvalue weighted by Crippen LogP contribution is 2.26. The molecule has 0 aliphatic carbocycles. The van der Waals surface area contributed by atoms with E-state index in [1.807, 2.05) is 18.2 Å². The number of hydrogen-bond acceptors (Lipinski definition) is 6. The molecule has 2 amide bonds. The summed E-state index contributed by atoms with van der Waals surface area (Å²) in [5.74, 6) is -0.0761. The summed E-state index contributed by atoms with van der Waals surface area (Å²) in [5, 5.41) is 6.58. The van der Waals surface area contributed by atoms with E-state index in [1.165, 1.54) is 17.5 Å². The number of halogens is 2. The molecule has 0 fully saturated rings. The summed E-state index contributed by atoms with van der Waals surface area (Å²) in [6.45, 7) is 1.76. The van der Waals surface area contributed by atoms with E-state index in [4.69, 9.17) is 11.6 Å². The van der Waals surface area contributed by atoms with E-state index in [-0.39, 0.29) is 30.6 Å². The van der Waals surface area contributed by atoms with E-state index in [2.05, 4.69) is 32.5 Å². The Morgan fingerprint density at radius 1 is 1.19 bits per heavy atom. The van der Waals surface area contributed by atoms with Crippen molar-refractivity contribution in [2.24, 2.45) is 0 Å². The molecule has 0 radical (unpaired) electrons. The Kier molecular flexibility index (Phi) is 7.61. The molecule has 1 aliphatic rings. The summed E-state index contributed by atoms with van der Waals surface area (Å²) in [5.41, 5.74) is 2.30. The molecule has 0 bridgehead atoms. The van der Waals surface area contributed by atoms with Gasteiger partial charge in [-0.15, -0.1) is 23.7 Å². The summed E-state index contributed by atoms with van der Waals surface area (Å²) in [6.07, 6.45) is 2.42. The molecule has 2 N–H and O–H groups in total. The van der Waals surface area contributed by atoms with Crippen molar-refractivity contribution in [3.05, 3.63) is 68.8 Å². The zero-order valence-corrected chi connectivity index (χ0v) is 19.1. The number of pyridine rings is 1. The van der Waals surface area contributed by atoms with Gasteiger partial charge in [-0.3, -0.25) is 9.59 Å². The molecular formula is C21H21Cl2N5O2S. The van der Waals surface area contributed by atoms with Crippen LogP contribution in [-0.4, -0.2) is 40.3 Å². The molecule has 3 heterocycles. The number of carbonyl (C=O) groups is 2. The molecular weight excluding hydrogens is 457 g/mol. The number of para-hydroxylation sites is 1. The minimum atomic E-state index is -0.260. The number of aromatic nitrogens is 2. The van der Waals surface area contributed by atoms with Crippen molar-refractivity contribution in [2.75, 3.05) is 24.2 Å². The van der Waals surface area contributed by atoms with Crippen LogP contribution in [0.1, 0.15) is 25.9 Å². The van der Waals surface area contributed by atoms with Crippen LogP contribution in [0.15, 0.2) is 42.6 Å². The van der Waals surface area contributed by atoms with Crippen LogP contribution in [0.4, 0.5) is 11.5 Å². The topological polar surface area (TPSA) is 87.2 Å². The lowest BCUT2D eigenvalue weighted by Gasteiger charge is -2.20. The third-order valence-electron chi connectivity index (χ3n) is 4.73. The summed E-state index contributed by atoms with van der Waals surface area (Å²) >= 11 is 7.24. The lowest BCUT2D eigenvalue weighted by atomic mass is 10.1. The molecule has 1 aliphatic heterocycles. The summed E-state index contributed by atoms with van der Waals surface area (Å²) in [7, 11) is 2.06. The second kappa shape index (κ2) is 10.2. The van der Waals surface area contributed by atoms with Gasteiger partial charge in [-0.25, -0.2) is 9.97 Å². The third kappa shape index (κ3) is 5.80. The molecule has 162 valence electrons. The standard InChI is InChI=1S/C21H20ClN5O2S.ClH/c1-27-9-8-16-17(12-27)30-21(25-16)20(29)24-15-5-3-2-4-13(15)10-19(28)26-18-7-6-14(22)11-23-18;/h2-7,11H,8-10,12H2,1H3,(H,24,29)(H,23,26,28);1H. The van der Waals surface area contributed by atoms with Crippen LogP contribution < -0.4 is 10.6 Å². The van der Waals surface area contributed by atoms with Gasteiger partial charge in [-0.2, -0.15) is 0 Å². The first kappa shape index (κ1) is 23.1. The van der Waals surface area contributed by atoms with Crippen LogP contribution in [0, 0.1) is 0 Å². The maximum absolute atomic E-state index is 12.8. The average Bonchev–Trinajstić information content (AvgIpc) is 3.14. The molecule has 0 unspecified atom stereocenters. The Balaban J connectivity index is 0.00000272. The van der Waals surface area contributed by atoms with Gasteiger partial charge in [0.2, 0.25) is 5.91 Å². The maximum atomic E-state index is 12.8. The van der Waals surface area contributed by atoms with E-state index >= 15 is 0 Å². The van der Waals surface area contributed by atoms with E-state index < -0.39 is 0 Å². The number of carbonyl (C=O) groups excluding carboxylic acids is 2. The number of amides is 2.